The van der Waals surface area contributed by atoms with Crippen molar-refractivity contribution in [1.82, 2.24) is 14.9 Å². The lowest BCUT2D eigenvalue weighted by atomic mass is 10.1. The Balaban J connectivity index is 2.78. The molecule has 5 heteroatoms. The zero-order valence-electron chi connectivity index (χ0n) is 13.1. The molecule has 1 aromatic rings. The van der Waals surface area contributed by atoms with Gasteiger partial charge >= 0.3 is 6.09 Å². The molecule has 0 spiro atoms. The topological polar surface area (TPSA) is 56.2 Å². The number of hydrogen-bond acceptors (Lipinski definition) is 3. The van der Waals surface area contributed by atoms with Crippen molar-refractivity contribution in [3.05, 3.63) is 30.4 Å². The fraction of sp³-hybridized carbons (Fsp3) is 0.600. The van der Waals surface area contributed by atoms with Crippen LogP contribution in [0.5, 0.6) is 0 Å². The Morgan fingerprint density at radius 3 is 2.70 bits per heavy atom. The highest BCUT2D eigenvalue weighted by Gasteiger charge is 2.21. The highest BCUT2D eigenvalue weighted by molar-refractivity contribution is 5.68. The van der Waals surface area contributed by atoms with Crippen molar-refractivity contribution in [3.63, 3.8) is 0 Å². The monoisotopic (exact) mass is 279 g/mol. The summed E-state index contributed by atoms with van der Waals surface area (Å²) in [5.74, 6) is 0. The number of hydrogen-bond donors (Lipinski definition) is 1. The molecule has 0 aliphatic heterocycles. The fourth-order valence-electron chi connectivity index (χ4n) is 1.88. The molecule has 1 aromatic heterocycles. The van der Waals surface area contributed by atoms with Gasteiger partial charge in [0.1, 0.15) is 5.60 Å². The van der Waals surface area contributed by atoms with E-state index in [1.807, 2.05) is 39.2 Å². The zero-order chi connectivity index (χ0) is 15.3. The third-order valence-electron chi connectivity index (χ3n) is 2.64. The molecule has 0 bridgehead atoms. The lowest BCUT2D eigenvalue weighted by Gasteiger charge is -2.23. The number of nitrogens with zero attached hydrogens (tertiary/aromatic N) is 2. The van der Waals surface area contributed by atoms with Gasteiger partial charge in [-0.2, -0.15) is 0 Å². The molecule has 0 radical (unpaired) electrons. The summed E-state index contributed by atoms with van der Waals surface area (Å²) in [4.78, 5) is 16.0. The van der Waals surface area contributed by atoms with Crippen LogP contribution in [0.3, 0.4) is 0 Å². The highest BCUT2D eigenvalue weighted by atomic mass is 16.6. The van der Waals surface area contributed by atoms with Crippen LogP contribution in [-0.2, 0) is 11.3 Å². The van der Waals surface area contributed by atoms with Crippen LogP contribution in [-0.4, -0.2) is 21.2 Å². The average molecular weight is 279 g/mol. The molecule has 0 aliphatic rings. The van der Waals surface area contributed by atoms with Crippen molar-refractivity contribution < 1.29 is 9.53 Å². The van der Waals surface area contributed by atoms with E-state index in [9.17, 15) is 4.79 Å². The smallest absolute Gasteiger partial charge is 0.408 e. The standard InChI is InChI=1S/C15H25N3O2/c1-7-12(17-14(19)20-15(4,5)6)13-8-16-10-18(13)9-11(2)3/h8,10,12H,2,7,9H2,1,3-6H3,(H,17,19)/t12-/m1/s1. The van der Waals surface area contributed by atoms with Crippen LogP contribution in [0.15, 0.2) is 24.7 Å². The van der Waals surface area contributed by atoms with Gasteiger partial charge in [-0.1, -0.05) is 19.1 Å². The minimum absolute atomic E-state index is 0.119. The molecule has 112 valence electrons. The van der Waals surface area contributed by atoms with Gasteiger partial charge in [0, 0.05) is 6.54 Å². The average Bonchev–Trinajstić information content (AvgIpc) is 2.70. The first-order valence-electron chi connectivity index (χ1n) is 6.87. The molecular weight excluding hydrogens is 254 g/mol. The lowest BCUT2D eigenvalue weighted by molar-refractivity contribution is 0.0500. The third-order valence-corrected chi connectivity index (χ3v) is 2.64. The summed E-state index contributed by atoms with van der Waals surface area (Å²) in [6, 6.07) is -0.119. The Morgan fingerprint density at radius 1 is 1.55 bits per heavy atom. The van der Waals surface area contributed by atoms with Gasteiger partial charge in [0.2, 0.25) is 0 Å². The van der Waals surface area contributed by atoms with E-state index < -0.39 is 11.7 Å². The number of carbonyl (C=O) groups excluding carboxylic acids is 1. The van der Waals surface area contributed by atoms with Crippen LogP contribution in [0, 0.1) is 0 Å². The molecule has 0 aromatic carbocycles. The summed E-state index contributed by atoms with van der Waals surface area (Å²) >= 11 is 0. The van der Waals surface area contributed by atoms with Crippen molar-refractivity contribution in [2.24, 2.45) is 0 Å². The Hall–Kier alpha value is -1.78. The van der Waals surface area contributed by atoms with E-state index in [1.54, 1.807) is 12.5 Å². The predicted molar refractivity (Wildman–Crippen MR) is 79.4 cm³/mol. The maximum atomic E-state index is 11.9. The van der Waals surface area contributed by atoms with Crippen molar-refractivity contribution in [2.45, 2.75) is 59.2 Å². The van der Waals surface area contributed by atoms with Gasteiger partial charge in [0.05, 0.1) is 24.3 Å². The molecule has 1 heterocycles. The minimum atomic E-state index is -0.500. The van der Waals surface area contributed by atoms with Crippen LogP contribution >= 0.6 is 0 Å². The molecule has 0 fully saturated rings. The van der Waals surface area contributed by atoms with E-state index in [0.29, 0.717) is 6.54 Å². The second-order valence-corrected chi connectivity index (χ2v) is 6.01. The number of rotatable bonds is 5. The first-order valence-corrected chi connectivity index (χ1v) is 6.87. The summed E-state index contributed by atoms with van der Waals surface area (Å²) in [6.07, 6.45) is 3.88. The van der Waals surface area contributed by atoms with E-state index in [2.05, 4.69) is 16.9 Å². The van der Waals surface area contributed by atoms with Gasteiger partial charge in [-0.25, -0.2) is 9.78 Å². The first kappa shape index (κ1) is 16.3. The molecule has 1 rings (SSSR count). The molecule has 1 atom stereocenters. The van der Waals surface area contributed by atoms with Crippen LogP contribution in [0.4, 0.5) is 4.79 Å². The molecule has 0 saturated heterocycles. The van der Waals surface area contributed by atoms with Crippen molar-refractivity contribution in [3.8, 4) is 0 Å². The molecule has 5 nitrogen and oxygen atoms in total. The van der Waals surface area contributed by atoms with E-state index in [1.165, 1.54) is 0 Å². The van der Waals surface area contributed by atoms with Gasteiger partial charge in [0.25, 0.3) is 0 Å². The minimum Gasteiger partial charge on any atom is -0.444 e. The van der Waals surface area contributed by atoms with E-state index in [4.69, 9.17) is 4.74 Å². The van der Waals surface area contributed by atoms with Crippen molar-refractivity contribution in [1.29, 1.82) is 0 Å². The van der Waals surface area contributed by atoms with E-state index >= 15 is 0 Å². The van der Waals surface area contributed by atoms with Crippen LogP contribution in [0.2, 0.25) is 0 Å². The summed E-state index contributed by atoms with van der Waals surface area (Å²) in [7, 11) is 0. The highest BCUT2D eigenvalue weighted by Crippen LogP contribution is 2.18. The predicted octanol–water partition coefficient (Wildman–Crippen LogP) is 3.44. The normalized spacial score (nSPS) is 12.8. The number of ether oxygens (including phenoxy) is 1. The van der Waals surface area contributed by atoms with Crippen molar-refractivity contribution in [2.75, 3.05) is 0 Å². The quantitative estimate of drug-likeness (QED) is 0.840. The number of aromatic nitrogens is 2. The largest absolute Gasteiger partial charge is 0.444 e. The maximum Gasteiger partial charge on any atom is 0.408 e. The first-order chi connectivity index (χ1) is 9.23. The molecular formula is C15H25N3O2. The molecule has 0 saturated carbocycles. The second kappa shape index (κ2) is 6.59. The van der Waals surface area contributed by atoms with Gasteiger partial charge in [-0.05, 0) is 34.1 Å². The number of alkyl carbamates (subject to hydrolysis) is 1. The number of carbonyl (C=O) groups is 1. The van der Waals surface area contributed by atoms with Crippen LogP contribution in [0.25, 0.3) is 0 Å². The van der Waals surface area contributed by atoms with Crippen LogP contribution in [0.1, 0.15) is 52.8 Å². The summed E-state index contributed by atoms with van der Waals surface area (Å²) < 4.78 is 7.29. The summed E-state index contributed by atoms with van der Waals surface area (Å²) in [5, 5.41) is 2.89. The Labute approximate surface area is 121 Å². The molecule has 0 aliphatic carbocycles. The second-order valence-electron chi connectivity index (χ2n) is 6.01. The Morgan fingerprint density at radius 2 is 2.20 bits per heavy atom. The third kappa shape index (κ3) is 5.07. The van der Waals surface area contributed by atoms with Gasteiger partial charge in [-0.3, -0.25) is 0 Å². The van der Waals surface area contributed by atoms with E-state index in [-0.39, 0.29) is 6.04 Å². The number of allylic oxidation sites excluding steroid dienone is 1. The van der Waals surface area contributed by atoms with Gasteiger partial charge < -0.3 is 14.6 Å². The molecule has 1 amide bonds. The number of nitrogens with one attached hydrogen (secondary N) is 1. The maximum absolute atomic E-state index is 11.9. The van der Waals surface area contributed by atoms with Gasteiger partial charge in [-0.15, -0.1) is 0 Å². The molecule has 0 unspecified atom stereocenters. The van der Waals surface area contributed by atoms with Crippen LogP contribution < -0.4 is 5.32 Å². The summed E-state index contributed by atoms with van der Waals surface area (Å²) in [5.41, 5.74) is 1.50. The Kier molecular flexibility index (Phi) is 5.36. The summed E-state index contributed by atoms with van der Waals surface area (Å²) in [6.45, 7) is 14.1. The fourth-order valence-corrected chi connectivity index (χ4v) is 1.88. The molecule has 1 N–H and O–H groups in total. The van der Waals surface area contributed by atoms with E-state index in [0.717, 1.165) is 17.7 Å². The molecule has 20 heavy (non-hydrogen) atoms. The van der Waals surface area contributed by atoms with Gasteiger partial charge in [0.15, 0.2) is 0 Å². The Bertz CT molecular complexity index is 472. The lowest BCUT2D eigenvalue weighted by Crippen LogP contribution is -2.35. The number of amides is 1. The zero-order valence-corrected chi connectivity index (χ0v) is 13.1. The SMILES string of the molecule is C=C(C)Cn1cncc1[C@@H](CC)NC(=O)OC(C)(C)C. The number of imidazole rings is 1. The van der Waals surface area contributed by atoms with Crippen molar-refractivity contribution >= 4 is 6.09 Å².